The highest BCUT2D eigenvalue weighted by atomic mass is 32.2. The van der Waals surface area contributed by atoms with Crippen LogP contribution in [0, 0.1) is 11.6 Å². The summed E-state index contributed by atoms with van der Waals surface area (Å²) in [6.07, 6.45) is 2.34. The second kappa shape index (κ2) is 5.09. The number of hydrogen-bond donors (Lipinski definition) is 1. The predicted octanol–water partition coefficient (Wildman–Crippen LogP) is 2.60. The highest BCUT2D eigenvalue weighted by molar-refractivity contribution is 7.99. The van der Waals surface area contributed by atoms with Crippen molar-refractivity contribution in [1.29, 1.82) is 0 Å². The summed E-state index contributed by atoms with van der Waals surface area (Å²) in [5.74, 6) is -3.13. The van der Waals surface area contributed by atoms with Crippen LogP contribution in [0.3, 0.4) is 0 Å². The molecule has 1 N–H and O–H groups in total. The first kappa shape index (κ1) is 12.4. The largest absolute Gasteiger partial charge is 0.478 e. The minimum Gasteiger partial charge on any atom is -0.478 e. The van der Waals surface area contributed by atoms with Crippen LogP contribution in [0.4, 0.5) is 8.78 Å². The van der Waals surface area contributed by atoms with E-state index in [0.717, 1.165) is 30.1 Å². The zero-order valence-electron chi connectivity index (χ0n) is 8.80. The summed E-state index contributed by atoms with van der Waals surface area (Å²) >= 11 is 0.927. The van der Waals surface area contributed by atoms with Crippen molar-refractivity contribution in [2.75, 3.05) is 0 Å². The molecule has 1 aromatic heterocycles. The fraction of sp³-hybridized carbons (Fsp3) is 0. The minimum absolute atomic E-state index is 0.0905. The Balaban J connectivity index is 2.34. The Morgan fingerprint density at radius 1 is 1.28 bits per heavy atom. The summed E-state index contributed by atoms with van der Waals surface area (Å²) in [6.45, 7) is 0. The van der Waals surface area contributed by atoms with Gasteiger partial charge in [-0.05, 0) is 18.2 Å². The van der Waals surface area contributed by atoms with E-state index < -0.39 is 17.6 Å². The lowest BCUT2D eigenvalue weighted by atomic mass is 10.3. The molecule has 0 bridgehead atoms. The lowest BCUT2D eigenvalue weighted by molar-refractivity contribution is 0.0691. The highest BCUT2D eigenvalue weighted by Crippen LogP contribution is 2.29. The van der Waals surface area contributed by atoms with Gasteiger partial charge in [-0.2, -0.15) is 0 Å². The van der Waals surface area contributed by atoms with Crippen molar-refractivity contribution in [2.45, 2.75) is 9.92 Å². The molecular weight excluding hydrogens is 262 g/mol. The van der Waals surface area contributed by atoms with Gasteiger partial charge in [0.25, 0.3) is 0 Å². The SMILES string of the molecule is O=C(O)c1cncnc1Sc1ccc(F)c(F)c1. The molecule has 0 saturated heterocycles. The summed E-state index contributed by atoms with van der Waals surface area (Å²) in [4.78, 5) is 18.7. The molecule has 1 aromatic carbocycles. The van der Waals surface area contributed by atoms with Gasteiger partial charge < -0.3 is 5.11 Å². The first-order valence-corrected chi connectivity index (χ1v) is 5.56. The van der Waals surface area contributed by atoms with Crippen LogP contribution in [0.2, 0.25) is 0 Å². The Hall–Kier alpha value is -2.02. The van der Waals surface area contributed by atoms with Gasteiger partial charge in [0.1, 0.15) is 16.9 Å². The number of carboxylic acids is 1. The molecule has 92 valence electrons. The lowest BCUT2D eigenvalue weighted by Crippen LogP contribution is -2.01. The smallest absolute Gasteiger partial charge is 0.340 e. The molecule has 4 nitrogen and oxygen atoms in total. The summed E-state index contributed by atoms with van der Waals surface area (Å²) in [7, 11) is 0. The lowest BCUT2D eigenvalue weighted by Gasteiger charge is -2.04. The van der Waals surface area contributed by atoms with Crippen LogP contribution in [0.25, 0.3) is 0 Å². The standard InChI is InChI=1S/C11H6F2N2O2S/c12-8-2-1-6(3-9(8)13)18-10-7(11(16)17)4-14-5-15-10/h1-5H,(H,16,17). The van der Waals surface area contributed by atoms with Crippen molar-refractivity contribution in [3.63, 3.8) is 0 Å². The molecule has 0 saturated carbocycles. The molecule has 7 heteroatoms. The molecule has 0 aliphatic rings. The Labute approximate surface area is 105 Å². The minimum atomic E-state index is -1.18. The second-order valence-corrected chi connectivity index (χ2v) is 4.29. The maximum Gasteiger partial charge on any atom is 0.340 e. The normalized spacial score (nSPS) is 10.3. The van der Waals surface area contributed by atoms with E-state index in [1.165, 1.54) is 12.4 Å². The van der Waals surface area contributed by atoms with E-state index in [1.54, 1.807) is 0 Å². The number of hydrogen-bond acceptors (Lipinski definition) is 4. The maximum absolute atomic E-state index is 13.0. The van der Waals surface area contributed by atoms with Gasteiger partial charge in [0.15, 0.2) is 11.6 Å². The van der Waals surface area contributed by atoms with Crippen LogP contribution in [0.5, 0.6) is 0 Å². The van der Waals surface area contributed by atoms with Gasteiger partial charge in [0.05, 0.1) is 0 Å². The fourth-order valence-corrected chi connectivity index (χ4v) is 2.07. The molecule has 1 heterocycles. The van der Waals surface area contributed by atoms with E-state index >= 15 is 0 Å². The maximum atomic E-state index is 13.0. The van der Waals surface area contributed by atoms with Gasteiger partial charge in [-0.3, -0.25) is 0 Å². The summed E-state index contributed by atoms with van der Waals surface area (Å²) in [6, 6.07) is 3.30. The van der Waals surface area contributed by atoms with Crippen LogP contribution in [0.15, 0.2) is 40.6 Å². The molecule has 0 unspecified atom stereocenters. The van der Waals surface area contributed by atoms with Crippen LogP contribution in [-0.4, -0.2) is 21.0 Å². The first-order chi connectivity index (χ1) is 8.58. The van der Waals surface area contributed by atoms with E-state index in [9.17, 15) is 13.6 Å². The van der Waals surface area contributed by atoms with Crippen molar-refractivity contribution in [1.82, 2.24) is 9.97 Å². The van der Waals surface area contributed by atoms with Crippen molar-refractivity contribution in [3.05, 3.63) is 47.9 Å². The van der Waals surface area contributed by atoms with E-state index in [0.29, 0.717) is 4.90 Å². The van der Waals surface area contributed by atoms with Gasteiger partial charge in [-0.1, -0.05) is 11.8 Å². The number of rotatable bonds is 3. The van der Waals surface area contributed by atoms with Gasteiger partial charge in [0, 0.05) is 11.1 Å². The number of carboxylic acid groups (broad SMARTS) is 1. The molecule has 0 atom stereocenters. The monoisotopic (exact) mass is 268 g/mol. The van der Waals surface area contributed by atoms with E-state index in [2.05, 4.69) is 9.97 Å². The molecule has 0 spiro atoms. The average molecular weight is 268 g/mol. The topological polar surface area (TPSA) is 63.1 Å². The first-order valence-electron chi connectivity index (χ1n) is 4.74. The molecule has 2 aromatic rings. The number of carbonyl (C=O) groups is 1. The van der Waals surface area contributed by atoms with Gasteiger partial charge in [-0.15, -0.1) is 0 Å². The molecule has 2 rings (SSSR count). The number of halogens is 2. The summed E-state index contributed by atoms with van der Waals surface area (Å²) in [5.41, 5.74) is -0.0905. The third kappa shape index (κ3) is 2.62. The molecular formula is C11H6F2N2O2S. The number of nitrogens with zero attached hydrogens (tertiary/aromatic N) is 2. The van der Waals surface area contributed by atoms with Gasteiger partial charge in [-0.25, -0.2) is 23.5 Å². The second-order valence-electron chi connectivity index (χ2n) is 3.22. The predicted molar refractivity (Wildman–Crippen MR) is 59.5 cm³/mol. The highest BCUT2D eigenvalue weighted by Gasteiger charge is 2.13. The third-order valence-electron chi connectivity index (χ3n) is 2.01. The Bertz CT molecular complexity index is 607. The Morgan fingerprint density at radius 2 is 2.06 bits per heavy atom. The molecule has 0 fully saturated rings. The van der Waals surface area contributed by atoms with E-state index in [-0.39, 0.29) is 10.6 Å². The van der Waals surface area contributed by atoms with E-state index in [4.69, 9.17) is 5.11 Å². The zero-order valence-corrected chi connectivity index (χ0v) is 9.62. The summed E-state index contributed by atoms with van der Waals surface area (Å²) in [5, 5.41) is 9.08. The molecule has 0 aliphatic heterocycles. The van der Waals surface area contributed by atoms with Crippen LogP contribution in [-0.2, 0) is 0 Å². The van der Waals surface area contributed by atoms with Gasteiger partial charge >= 0.3 is 5.97 Å². The van der Waals surface area contributed by atoms with Crippen LogP contribution >= 0.6 is 11.8 Å². The van der Waals surface area contributed by atoms with Crippen molar-refractivity contribution >= 4 is 17.7 Å². The quantitative estimate of drug-likeness (QED) is 0.867. The molecule has 0 amide bonds. The van der Waals surface area contributed by atoms with Crippen molar-refractivity contribution in [3.8, 4) is 0 Å². The zero-order chi connectivity index (χ0) is 13.1. The molecule has 0 radical (unpaired) electrons. The third-order valence-corrected chi connectivity index (χ3v) is 3.02. The fourth-order valence-electron chi connectivity index (χ4n) is 1.20. The van der Waals surface area contributed by atoms with Crippen molar-refractivity contribution < 1.29 is 18.7 Å². The number of aromatic carboxylic acids is 1. The van der Waals surface area contributed by atoms with E-state index in [1.807, 2.05) is 0 Å². The van der Waals surface area contributed by atoms with Crippen LogP contribution in [0.1, 0.15) is 10.4 Å². The number of aromatic nitrogens is 2. The molecule has 0 aliphatic carbocycles. The average Bonchev–Trinajstić information content (AvgIpc) is 2.34. The van der Waals surface area contributed by atoms with Crippen LogP contribution < -0.4 is 0 Å². The van der Waals surface area contributed by atoms with Crippen molar-refractivity contribution in [2.24, 2.45) is 0 Å². The van der Waals surface area contributed by atoms with Gasteiger partial charge in [0.2, 0.25) is 0 Å². The summed E-state index contributed by atoms with van der Waals surface area (Å²) < 4.78 is 25.7. The number of benzene rings is 1. The Morgan fingerprint density at radius 3 is 2.72 bits per heavy atom. The molecule has 18 heavy (non-hydrogen) atoms. The Kier molecular flexibility index (Phi) is 3.52.